The number of hydrogen-bond donors (Lipinski definition) is 1. The van der Waals surface area contributed by atoms with Gasteiger partial charge in [-0.25, -0.2) is 4.98 Å². The molecule has 0 saturated carbocycles. The first-order valence-corrected chi connectivity index (χ1v) is 7.70. The van der Waals surface area contributed by atoms with Crippen LogP contribution in [0.4, 0.5) is 11.5 Å². The maximum atomic E-state index is 11.0. The standard InChI is InChI=1S/C18H15N5O2/c1-12-3-4-15(23(24)25)8-16(12)13-7-14-11-22-18(20-6-2-5-19)9-17(14)21-10-13/h3-4,7-11H,2,6H2,1H3,(H,20,22). The van der Waals surface area contributed by atoms with Crippen molar-refractivity contribution in [1.82, 2.24) is 9.97 Å². The van der Waals surface area contributed by atoms with Crippen LogP contribution in [-0.4, -0.2) is 21.4 Å². The Hall–Kier alpha value is -3.53. The van der Waals surface area contributed by atoms with Crippen LogP contribution in [0.15, 0.2) is 42.7 Å². The van der Waals surface area contributed by atoms with Gasteiger partial charge in [0.15, 0.2) is 0 Å². The smallest absolute Gasteiger partial charge is 0.270 e. The number of nitro groups is 1. The van der Waals surface area contributed by atoms with Crippen LogP contribution in [-0.2, 0) is 0 Å². The number of rotatable bonds is 5. The number of hydrogen-bond acceptors (Lipinski definition) is 6. The van der Waals surface area contributed by atoms with Crippen molar-refractivity contribution >= 4 is 22.4 Å². The van der Waals surface area contributed by atoms with Crippen LogP contribution < -0.4 is 5.32 Å². The van der Waals surface area contributed by atoms with Crippen LogP contribution in [0.5, 0.6) is 0 Å². The Bertz CT molecular complexity index is 994. The second-order valence-corrected chi connectivity index (χ2v) is 5.58. The van der Waals surface area contributed by atoms with Crippen molar-refractivity contribution in [2.75, 3.05) is 11.9 Å². The molecule has 7 heteroatoms. The predicted molar refractivity (Wildman–Crippen MR) is 95.1 cm³/mol. The number of non-ortho nitro benzene ring substituents is 1. The first kappa shape index (κ1) is 16.3. The summed E-state index contributed by atoms with van der Waals surface area (Å²) in [5.41, 5.74) is 3.34. The predicted octanol–water partition coefficient (Wildman–Crippen LogP) is 3.84. The summed E-state index contributed by atoms with van der Waals surface area (Å²) in [6, 6.07) is 10.6. The Kier molecular flexibility index (Phi) is 4.53. The molecule has 0 radical (unpaired) electrons. The van der Waals surface area contributed by atoms with E-state index in [1.165, 1.54) is 6.07 Å². The van der Waals surface area contributed by atoms with Gasteiger partial charge in [-0.05, 0) is 24.1 Å². The van der Waals surface area contributed by atoms with Gasteiger partial charge >= 0.3 is 0 Å². The first-order chi connectivity index (χ1) is 12.1. The monoisotopic (exact) mass is 333 g/mol. The van der Waals surface area contributed by atoms with Gasteiger partial charge in [-0.15, -0.1) is 0 Å². The number of fused-ring (bicyclic) bond motifs is 1. The quantitative estimate of drug-likeness (QED) is 0.432. The molecule has 7 nitrogen and oxygen atoms in total. The number of nitriles is 1. The van der Waals surface area contributed by atoms with Gasteiger partial charge in [0.25, 0.3) is 5.69 Å². The minimum absolute atomic E-state index is 0.0517. The summed E-state index contributed by atoms with van der Waals surface area (Å²) < 4.78 is 0. The highest BCUT2D eigenvalue weighted by Gasteiger charge is 2.11. The maximum absolute atomic E-state index is 11.0. The molecule has 0 unspecified atom stereocenters. The number of aryl methyl sites for hydroxylation is 1. The lowest BCUT2D eigenvalue weighted by Crippen LogP contribution is -2.02. The van der Waals surface area contributed by atoms with E-state index < -0.39 is 4.92 Å². The summed E-state index contributed by atoms with van der Waals surface area (Å²) >= 11 is 0. The van der Waals surface area contributed by atoms with Crippen molar-refractivity contribution in [3.63, 3.8) is 0 Å². The van der Waals surface area contributed by atoms with Gasteiger partial charge in [0.2, 0.25) is 0 Å². The summed E-state index contributed by atoms with van der Waals surface area (Å²) in [6.07, 6.45) is 3.80. The Morgan fingerprint density at radius 2 is 2.08 bits per heavy atom. The molecule has 2 aromatic heterocycles. The maximum Gasteiger partial charge on any atom is 0.270 e. The van der Waals surface area contributed by atoms with Crippen molar-refractivity contribution < 1.29 is 4.92 Å². The van der Waals surface area contributed by atoms with Crippen molar-refractivity contribution in [2.45, 2.75) is 13.3 Å². The molecule has 124 valence electrons. The number of nitrogens with zero attached hydrogens (tertiary/aromatic N) is 4. The molecule has 25 heavy (non-hydrogen) atoms. The van der Waals surface area contributed by atoms with Crippen LogP contribution in [0.2, 0.25) is 0 Å². The second kappa shape index (κ2) is 6.93. The average molecular weight is 333 g/mol. The fraction of sp³-hybridized carbons (Fsp3) is 0.167. The highest BCUT2D eigenvalue weighted by Crippen LogP contribution is 2.29. The van der Waals surface area contributed by atoms with E-state index in [1.807, 2.05) is 19.1 Å². The zero-order valence-electron chi connectivity index (χ0n) is 13.6. The molecule has 0 atom stereocenters. The van der Waals surface area contributed by atoms with Gasteiger partial charge in [0.05, 0.1) is 22.9 Å². The lowest BCUT2D eigenvalue weighted by atomic mass is 10.0. The molecule has 2 heterocycles. The summed E-state index contributed by atoms with van der Waals surface area (Å²) in [6.45, 7) is 2.43. The number of anilines is 1. The van der Waals surface area contributed by atoms with E-state index in [1.54, 1.807) is 24.5 Å². The normalized spacial score (nSPS) is 10.4. The zero-order chi connectivity index (χ0) is 17.8. The highest BCUT2D eigenvalue weighted by atomic mass is 16.6. The van der Waals surface area contributed by atoms with Crippen molar-refractivity contribution in [3.05, 3.63) is 58.4 Å². The fourth-order valence-electron chi connectivity index (χ4n) is 2.55. The molecule has 0 aliphatic carbocycles. The third kappa shape index (κ3) is 3.53. The molecular weight excluding hydrogens is 318 g/mol. The summed E-state index contributed by atoms with van der Waals surface area (Å²) in [7, 11) is 0. The molecule has 0 aliphatic rings. The molecule has 1 N–H and O–H groups in total. The summed E-state index contributed by atoms with van der Waals surface area (Å²) in [5, 5.41) is 23.5. The number of benzene rings is 1. The van der Waals surface area contributed by atoms with Gasteiger partial charge in [0.1, 0.15) is 5.82 Å². The molecule has 1 aromatic carbocycles. The molecule has 0 bridgehead atoms. The lowest BCUT2D eigenvalue weighted by Gasteiger charge is -2.08. The number of pyridine rings is 2. The van der Waals surface area contributed by atoms with Crippen molar-refractivity contribution in [1.29, 1.82) is 5.26 Å². The van der Waals surface area contributed by atoms with Crippen LogP contribution in [0.25, 0.3) is 22.0 Å². The third-order valence-corrected chi connectivity index (χ3v) is 3.85. The van der Waals surface area contributed by atoms with Crippen molar-refractivity contribution in [3.8, 4) is 17.2 Å². The van der Waals surface area contributed by atoms with Crippen LogP contribution >= 0.6 is 0 Å². The van der Waals surface area contributed by atoms with Gasteiger partial charge in [-0.3, -0.25) is 15.1 Å². The molecule has 3 rings (SSSR count). The van der Waals surface area contributed by atoms with E-state index in [2.05, 4.69) is 21.4 Å². The van der Waals surface area contributed by atoms with Gasteiger partial charge in [-0.1, -0.05) is 6.07 Å². The summed E-state index contributed by atoms with van der Waals surface area (Å²) in [5.74, 6) is 0.662. The van der Waals surface area contributed by atoms with E-state index in [-0.39, 0.29) is 5.69 Å². The SMILES string of the molecule is Cc1ccc([N+](=O)[O-])cc1-c1cnc2cc(NCCC#N)ncc2c1. The number of aromatic nitrogens is 2. The lowest BCUT2D eigenvalue weighted by molar-refractivity contribution is -0.384. The molecule has 0 saturated heterocycles. The minimum Gasteiger partial charge on any atom is -0.369 e. The zero-order valence-corrected chi connectivity index (χ0v) is 13.6. The molecule has 0 fully saturated rings. The Morgan fingerprint density at radius 1 is 1.24 bits per heavy atom. The largest absolute Gasteiger partial charge is 0.369 e. The van der Waals surface area contributed by atoms with Gasteiger partial charge in [0, 0.05) is 48.1 Å². The highest BCUT2D eigenvalue weighted by molar-refractivity contribution is 5.85. The number of nitro benzene ring substituents is 1. The van der Waals surface area contributed by atoms with E-state index in [0.29, 0.717) is 18.8 Å². The molecule has 0 aliphatic heterocycles. The summed E-state index contributed by atoms with van der Waals surface area (Å²) in [4.78, 5) is 19.4. The van der Waals surface area contributed by atoms with Crippen LogP contribution in [0.1, 0.15) is 12.0 Å². The fourth-order valence-corrected chi connectivity index (χ4v) is 2.55. The molecule has 0 amide bonds. The minimum atomic E-state index is -0.405. The molecule has 0 spiro atoms. The van der Waals surface area contributed by atoms with Gasteiger partial charge in [-0.2, -0.15) is 5.26 Å². The third-order valence-electron chi connectivity index (χ3n) is 3.85. The topological polar surface area (TPSA) is 105 Å². The average Bonchev–Trinajstić information content (AvgIpc) is 2.61. The second-order valence-electron chi connectivity index (χ2n) is 5.58. The van der Waals surface area contributed by atoms with E-state index in [0.717, 1.165) is 27.6 Å². The number of nitrogens with one attached hydrogen (secondary N) is 1. The Morgan fingerprint density at radius 3 is 2.84 bits per heavy atom. The molecular formula is C18H15N5O2. The van der Waals surface area contributed by atoms with Crippen LogP contribution in [0, 0.1) is 28.4 Å². The Labute approximate surface area is 144 Å². The Balaban J connectivity index is 1.97. The van der Waals surface area contributed by atoms with Crippen LogP contribution in [0.3, 0.4) is 0 Å². The van der Waals surface area contributed by atoms with E-state index in [9.17, 15) is 10.1 Å². The first-order valence-electron chi connectivity index (χ1n) is 7.70. The van der Waals surface area contributed by atoms with Gasteiger partial charge < -0.3 is 5.32 Å². The van der Waals surface area contributed by atoms with Crippen molar-refractivity contribution in [2.24, 2.45) is 0 Å². The van der Waals surface area contributed by atoms with E-state index >= 15 is 0 Å². The molecule has 3 aromatic rings. The van der Waals surface area contributed by atoms with E-state index in [4.69, 9.17) is 5.26 Å².